The van der Waals surface area contributed by atoms with Gasteiger partial charge in [0.2, 0.25) is 0 Å². The predicted octanol–water partition coefficient (Wildman–Crippen LogP) is 7.33. The van der Waals surface area contributed by atoms with Crippen LogP contribution in [-0.2, 0) is 20.7 Å². The summed E-state index contributed by atoms with van der Waals surface area (Å²) >= 11 is 0. The molecule has 2 fully saturated rings. The fourth-order valence-corrected chi connectivity index (χ4v) is 7.24. The van der Waals surface area contributed by atoms with Crippen LogP contribution in [0.2, 0.25) is 0 Å². The van der Waals surface area contributed by atoms with E-state index in [0.29, 0.717) is 29.5 Å². The normalized spacial score (nSPS) is 30.5. The molecule has 0 radical (unpaired) electrons. The minimum absolute atomic E-state index is 0.0728. The lowest BCUT2D eigenvalue weighted by atomic mass is 9.54. The molecule has 0 saturated heterocycles. The first-order chi connectivity index (χ1) is 16.5. The van der Waals surface area contributed by atoms with Crippen LogP contribution in [0, 0.1) is 23.2 Å². The van der Waals surface area contributed by atoms with Gasteiger partial charge in [0.25, 0.3) is 0 Å². The minimum Gasteiger partial charge on any atom is -0.497 e. The molecule has 4 heteroatoms. The summed E-state index contributed by atoms with van der Waals surface area (Å²) in [5.74, 6) is 3.82. The molecule has 3 aliphatic carbocycles. The third-order valence-corrected chi connectivity index (χ3v) is 8.84. The van der Waals surface area contributed by atoms with E-state index < -0.39 is 0 Å². The maximum Gasteiger partial charge on any atom is 0.157 e. The number of unbranched alkanes of at least 4 members (excludes halogenated alkanes) is 1. The van der Waals surface area contributed by atoms with Crippen LogP contribution in [-0.4, -0.2) is 32.9 Å². The highest BCUT2D eigenvalue weighted by atomic mass is 16.7. The summed E-state index contributed by atoms with van der Waals surface area (Å²) in [6.07, 6.45) is 10.6. The van der Waals surface area contributed by atoms with Crippen LogP contribution >= 0.6 is 0 Å². The molecule has 6 unspecified atom stereocenters. The van der Waals surface area contributed by atoms with Gasteiger partial charge < -0.3 is 14.2 Å². The van der Waals surface area contributed by atoms with Crippen LogP contribution in [0.3, 0.4) is 0 Å². The number of carbonyl (C=O) groups excluding carboxylic acids is 1. The van der Waals surface area contributed by atoms with Gasteiger partial charge in [0.05, 0.1) is 7.11 Å². The first kappa shape index (κ1) is 27.2. The summed E-state index contributed by atoms with van der Waals surface area (Å²) in [5.41, 5.74) is 2.89. The topological polar surface area (TPSA) is 44.8 Å². The Labute approximate surface area is 208 Å². The van der Waals surface area contributed by atoms with Crippen LogP contribution in [0.4, 0.5) is 0 Å². The van der Waals surface area contributed by atoms with Gasteiger partial charge in [-0.05, 0) is 91.9 Å². The van der Waals surface area contributed by atoms with E-state index in [-0.39, 0.29) is 11.7 Å². The fraction of sp³-hybridized carbons (Fsp3) is 0.767. The van der Waals surface area contributed by atoms with Crippen LogP contribution in [0.5, 0.6) is 5.75 Å². The fourth-order valence-electron chi connectivity index (χ4n) is 7.24. The van der Waals surface area contributed by atoms with Crippen molar-refractivity contribution in [2.75, 3.05) is 20.8 Å². The number of aryl methyl sites for hydroxylation is 1. The van der Waals surface area contributed by atoms with E-state index >= 15 is 0 Å². The zero-order valence-electron chi connectivity index (χ0n) is 22.5. The SMILES string of the molecule is CC.CCCC(OC)OCCCCC1CC(=O)C2(C)CCC3c4ccc(OC)cc4CCC3C12. The molecule has 1 aromatic rings. The second kappa shape index (κ2) is 12.5. The second-order valence-electron chi connectivity index (χ2n) is 10.6. The number of methoxy groups -OCH3 is 2. The van der Waals surface area contributed by atoms with Gasteiger partial charge in [0, 0.05) is 25.6 Å². The van der Waals surface area contributed by atoms with Crippen molar-refractivity contribution in [3.63, 3.8) is 0 Å². The summed E-state index contributed by atoms with van der Waals surface area (Å²) in [4.78, 5) is 13.2. The predicted molar refractivity (Wildman–Crippen MR) is 138 cm³/mol. The molecule has 2 saturated carbocycles. The Hall–Kier alpha value is -1.39. The van der Waals surface area contributed by atoms with E-state index in [1.807, 2.05) is 13.8 Å². The maximum atomic E-state index is 13.2. The van der Waals surface area contributed by atoms with Crippen LogP contribution < -0.4 is 4.74 Å². The van der Waals surface area contributed by atoms with Crippen molar-refractivity contribution in [3.8, 4) is 5.75 Å². The van der Waals surface area contributed by atoms with Gasteiger partial charge >= 0.3 is 0 Å². The average molecular weight is 473 g/mol. The molecule has 0 bridgehead atoms. The van der Waals surface area contributed by atoms with Gasteiger partial charge in [-0.15, -0.1) is 0 Å². The Morgan fingerprint density at radius 1 is 1.15 bits per heavy atom. The van der Waals surface area contributed by atoms with E-state index in [1.54, 1.807) is 14.2 Å². The van der Waals surface area contributed by atoms with Crippen molar-refractivity contribution < 1.29 is 19.0 Å². The molecule has 1 aromatic carbocycles. The van der Waals surface area contributed by atoms with Gasteiger partial charge in [-0.3, -0.25) is 4.79 Å². The summed E-state index contributed by atoms with van der Waals surface area (Å²) < 4.78 is 16.8. The standard InChI is InChI=1S/C28H42O4.C2H6/c1-5-8-26(31-4)32-16-7-6-9-20-18-25(29)28(2)15-14-23-22-13-11-21(30-3)17-19(22)10-12-24(23)27(20)28;1-2/h11,13,17,20,23-24,26-27H,5-10,12,14-16,18H2,1-4H3;1-2H3. The Kier molecular flexibility index (Phi) is 10.0. The molecule has 6 atom stereocenters. The first-order valence-corrected chi connectivity index (χ1v) is 13.9. The van der Waals surface area contributed by atoms with Crippen molar-refractivity contribution in [2.45, 2.75) is 104 Å². The number of hydrogen-bond donors (Lipinski definition) is 0. The Morgan fingerprint density at radius 3 is 2.65 bits per heavy atom. The van der Waals surface area contributed by atoms with E-state index in [2.05, 4.69) is 32.0 Å². The summed E-state index contributed by atoms with van der Waals surface area (Å²) in [6, 6.07) is 6.67. The number of hydrogen-bond acceptors (Lipinski definition) is 4. The number of carbonyl (C=O) groups is 1. The third-order valence-electron chi connectivity index (χ3n) is 8.84. The molecular weight excluding hydrogens is 424 g/mol. The highest BCUT2D eigenvalue weighted by Crippen LogP contribution is 2.62. The lowest BCUT2D eigenvalue weighted by Gasteiger charge is -2.50. The molecule has 34 heavy (non-hydrogen) atoms. The van der Waals surface area contributed by atoms with Crippen molar-refractivity contribution in [3.05, 3.63) is 29.3 Å². The largest absolute Gasteiger partial charge is 0.497 e. The second-order valence-corrected chi connectivity index (χ2v) is 10.6. The molecule has 0 heterocycles. The van der Waals surface area contributed by atoms with E-state index in [1.165, 1.54) is 17.5 Å². The average Bonchev–Trinajstić information content (AvgIpc) is 3.13. The maximum absolute atomic E-state index is 13.2. The van der Waals surface area contributed by atoms with Crippen LogP contribution in [0.1, 0.15) is 103 Å². The van der Waals surface area contributed by atoms with Gasteiger partial charge in [-0.2, -0.15) is 0 Å². The van der Waals surface area contributed by atoms with Gasteiger partial charge in [0.15, 0.2) is 6.29 Å². The van der Waals surface area contributed by atoms with Gasteiger partial charge in [-0.1, -0.05) is 46.6 Å². The summed E-state index contributed by atoms with van der Waals surface area (Å²) in [5, 5.41) is 0. The molecule has 192 valence electrons. The number of fused-ring (bicyclic) bond motifs is 5. The number of ketones is 1. The zero-order valence-corrected chi connectivity index (χ0v) is 22.5. The minimum atomic E-state index is -0.103. The molecule has 4 rings (SSSR count). The van der Waals surface area contributed by atoms with E-state index in [0.717, 1.165) is 70.1 Å². The Balaban J connectivity index is 0.00000158. The van der Waals surface area contributed by atoms with Crippen molar-refractivity contribution in [1.29, 1.82) is 0 Å². The van der Waals surface area contributed by atoms with Gasteiger partial charge in [0.1, 0.15) is 11.5 Å². The highest BCUT2D eigenvalue weighted by molar-refractivity contribution is 5.87. The number of ether oxygens (including phenoxy) is 3. The van der Waals surface area contributed by atoms with E-state index in [9.17, 15) is 4.79 Å². The monoisotopic (exact) mass is 472 g/mol. The van der Waals surface area contributed by atoms with Crippen molar-refractivity contribution in [2.24, 2.45) is 23.2 Å². The molecule has 0 aromatic heterocycles. The highest BCUT2D eigenvalue weighted by Gasteiger charge is 2.58. The smallest absolute Gasteiger partial charge is 0.157 e. The molecule has 0 amide bonds. The van der Waals surface area contributed by atoms with Crippen molar-refractivity contribution >= 4 is 5.78 Å². The van der Waals surface area contributed by atoms with Crippen molar-refractivity contribution in [1.82, 2.24) is 0 Å². The number of rotatable bonds is 10. The summed E-state index contributed by atoms with van der Waals surface area (Å²) in [7, 11) is 3.47. The molecular formula is C30H48O4. The lowest BCUT2D eigenvalue weighted by molar-refractivity contribution is -0.129. The Morgan fingerprint density at radius 2 is 1.94 bits per heavy atom. The lowest BCUT2D eigenvalue weighted by Crippen LogP contribution is -2.44. The molecule has 0 spiro atoms. The first-order valence-electron chi connectivity index (χ1n) is 13.9. The molecule has 0 aliphatic heterocycles. The third kappa shape index (κ3) is 5.54. The van der Waals surface area contributed by atoms with E-state index in [4.69, 9.17) is 14.2 Å². The van der Waals surface area contributed by atoms with Gasteiger partial charge in [-0.25, -0.2) is 0 Å². The molecule has 0 N–H and O–H groups in total. The van der Waals surface area contributed by atoms with Crippen LogP contribution in [0.25, 0.3) is 0 Å². The van der Waals surface area contributed by atoms with Crippen LogP contribution in [0.15, 0.2) is 18.2 Å². The zero-order chi connectivity index (χ0) is 24.7. The number of benzene rings is 1. The number of Topliss-reactive ketones (excluding diaryl/α,β-unsaturated/α-hetero) is 1. The summed E-state index contributed by atoms with van der Waals surface area (Å²) in [6.45, 7) is 9.19. The molecule has 4 nitrogen and oxygen atoms in total. The Bertz CT molecular complexity index is 790. The molecule has 3 aliphatic rings. The quantitative estimate of drug-likeness (QED) is 0.264.